The Morgan fingerprint density at radius 1 is 1.00 bits per heavy atom. The zero-order valence-corrected chi connectivity index (χ0v) is 24.9. The Balaban J connectivity index is 0.000000428. The zero-order chi connectivity index (χ0) is 34.7. The molecule has 0 saturated carbocycles. The fourth-order valence-electron chi connectivity index (χ4n) is 4.77. The molecule has 2 aliphatic heterocycles. The molecule has 0 amide bonds. The van der Waals surface area contributed by atoms with Crippen LogP contribution in [0.2, 0.25) is 0 Å². The number of β-amino-alcohol motifs (C(OH)–C–C–N with tert-alkyl or cyclic N) is 1. The predicted octanol–water partition coefficient (Wildman–Crippen LogP) is 1.48. The molecule has 6 N–H and O–H groups in total. The van der Waals surface area contributed by atoms with E-state index in [4.69, 9.17) is 53.8 Å². The minimum Gasteiger partial charge on any atom is -0.497 e. The Morgan fingerprint density at radius 2 is 1.60 bits per heavy atom. The summed E-state index contributed by atoms with van der Waals surface area (Å²) in [5, 5.41) is 56.4. The third kappa shape index (κ3) is 10.2. The van der Waals surface area contributed by atoms with Gasteiger partial charge >= 0.3 is 23.9 Å². The molecule has 0 unspecified atom stereocenters. The van der Waals surface area contributed by atoms with Crippen LogP contribution in [0.25, 0.3) is 10.9 Å². The van der Waals surface area contributed by atoms with Crippen LogP contribution in [0.15, 0.2) is 42.6 Å². The summed E-state index contributed by atoms with van der Waals surface area (Å²) in [6, 6.07) is 10.9. The smallest absolute Gasteiger partial charge is 0.414 e. The SMILES string of the molecule is COc1ccc2nccc([C@@H](O)CN3CCC(NCc4cc5c(cc4[N+](=O)[O-])OCO5)CC3)c2c1.O=C(O)C(=O)O.O=C(O)C(=O)O. The number of carboxylic acids is 4. The Morgan fingerprint density at radius 3 is 2.15 bits per heavy atom. The van der Waals surface area contributed by atoms with Crippen molar-refractivity contribution in [3.8, 4) is 17.2 Å². The van der Waals surface area contributed by atoms with E-state index in [0.29, 0.717) is 30.2 Å². The quantitative estimate of drug-likeness (QED) is 0.113. The molecule has 1 fully saturated rings. The lowest BCUT2D eigenvalue weighted by molar-refractivity contribution is -0.385. The van der Waals surface area contributed by atoms with Crippen molar-refractivity contribution in [1.82, 2.24) is 15.2 Å². The number of nitrogens with one attached hydrogen (secondary N) is 1. The van der Waals surface area contributed by atoms with Crippen LogP contribution in [0.5, 0.6) is 17.2 Å². The summed E-state index contributed by atoms with van der Waals surface area (Å²) in [5.41, 5.74) is 2.27. The number of nitro benzene ring substituents is 1. The van der Waals surface area contributed by atoms with E-state index in [1.165, 1.54) is 6.07 Å². The zero-order valence-electron chi connectivity index (χ0n) is 24.9. The van der Waals surface area contributed by atoms with Gasteiger partial charge in [-0.15, -0.1) is 0 Å². The highest BCUT2D eigenvalue weighted by Crippen LogP contribution is 2.38. The molecular formula is C29H32N4O14. The molecule has 1 saturated heterocycles. The van der Waals surface area contributed by atoms with E-state index in [2.05, 4.69) is 15.2 Å². The van der Waals surface area contributed by atoms with E-state index in [-0.39, 0.29) is 23.4 Å². The molecule has 0 aliphatic carbocycles. The van der Waals surface area contributed by atoms with Crippen molar-refractivity contribution in [3.05, 3.63) is 63.8 Å². The molecule has 0 bridgehead atoms. The van der Waals surface area contributed by atoms with Gasteiger partial charge in [-0.05, 0) is 61.8 Å². The average molecular weight is 661 g/mol. The Bertz CT molecular complexity index is 1580. The molecule has 0 spiro atoms. The second-order valence-electron chi connectivity index (χ2n) is 10.1. The van der Waals surface area contributed by atoms with Crippen LogP contribution in [0.1, 0.15) is 30.1 Å². The van der Waals surface area contributed by atoms with E-state index in [1.807, 2.05) is 24.3 Å². The van der Waals surface area contributed by atoms with Gasteiger partial charge in [-0.3, -0.25) is 15.1 Å². The monoisotopic (exact) mass is 660 g/mol. The molecule has 2 aliphatic rings. The normalized spacial score (nSPS) is 14.5. The first kappa shape index (κ1) is 35.9. The summed E-state index contributed by atoms with van der Waals surface area (Å²) in [7, 11) is 1.62. The van der Waals surface area contributed by atoms with E-state index in [9.17, 15) is 15.2 Å². The maximum Gasteiger partial charge on any atom is 0.414 e. The number of piperidine rings is 1. The Kier molecular flexibility index (Phi) is 12.7. The van der Waals surface area contributed by atoms with Gasteiger partial charge in [0, 0.05) is 36.3 Å². The van der Waals surface area contributed by atoms with Crippen molar-refractivity contribution in [1.29, 1.82) is 0 Å². The van der Waals surface area contributed by atoms with Gasteiger partial charge in [0.1, 0.15) is 5.75 Å². The van der Waals surface area contributed by atoms with Crippen molar-refractivity contribution < 1.29 is 63.8 Å². The first-order valence-electron chi connectivity index (χ1n) is 13.9. The number of likely N-dealkylation sites (tertiary alicyclic amines) is 1. The number of aromatic nitrogens is 1. The minimum absolute atomic E-state index is 0.0310. The van der Waals surface area contributed by atoms with Crippen LogP contribution in [0, 0.1) is 10.1 Å². The molecule has 2 aromatic carbocycles. The number of hydrogen-bond donors (Lipinski definition) is 6. The summed E-state index contributed by atoms with van der Waals surface area (Å²) in [6.45, 7) is 2.63. The molecule has 1 atom stereocenters. The average Bonchev–Trinajstić information content (AvgIpc) is 3.51. The molecule has 1 aromatic heterocycles. The van der Waals surface area contributed by atoms with Gasteiger partial charge in [0.2, 0.25) is 6.79 Å². The standard InChI is InChI=1S/C25H28N4O6.2C2H2O4/c1-33-18-2-3-21-20(11-18)19(4-7-26-21)23(30)14-28-8-5-17(6-9-28)27-13-16-10-24-25(35-15-34-24)12-22(16)29(31)32;2*3-1(4)2(5)6/h2-4,7,10-12,17,23,27,30H,5-6,8-9,13-15H2,1H3;2*(H,3,4)(H,5,6)/t23-;;/m0../s1. The molecule has 3 aromatic rings. The van der Waals surface area contributed by atoms with E-state index < -0.39 is 30.0 Å². The summed E-state index contributed by atoms with van der Waals surface area (Å²) >= 11 is 0. The third-order valence-corrected chi connectivity index (χ3v) is 7.08. The minimum atomic E-state index is -1.82. The van der Waals surface area contributed by atoms with Crippen molar-refractivity contribution in [2.24, 2.45) is 0 Å². The summed E-state index contributed by atoms with van der Waals surface area (Å²) < 4.78 is 16.0. The van der Waals surface area contributed by atoms with Gasteiger partial charge in [0.25, 0.3) is 5.69 Å². The largest absolute Gasteiger partial charge is 0.497 e. The van der Waals surface area contributed by atoms with Crippen LogP contribution in [0.4, 0.5) is 5.69 Å². The van der Waals surface area contributed by atoms with Gasteiger partial charge in [0.15, 0.2) is 11.5 Å². The van der Waals surface area contributed by atoms with Gasteiger partial charge in [0.05, 0.1) is 29.7 Å². The number of methoxy groups -OCH3 is 1. The molecule has 18 nitrogen and oxygen atoms in total. The number of nitro groups is 1. The lowest BCUT2D eigenvalue weighted by Gasteiger charge is -2.33. The predicted molar refractivity (Wildman–Crippen MR) is 159 cm³/mol. The number of aliphatic hydroxyl groups is 1. The lowest BCUT2D eigenvalue weighted by atomic mass is 10.0. The van der Waals surface area contributed by atoms with Crippen LogP contribution >= 0.6 is 0 Å². The first-order chi connectivity index (χ1) is 22.3. The molecule has 47 heavy (non-hydrogen) atoms. The molecular weight excluding hydrogens is 628 g/mol. The highest BCUT2D eigenvalue weighted by molar-refractivity contribution is 6.27. The number of ether oxygens (including phenoxy) is 3. The maximum atomic E-state index is 11.5. The van der Waals surface area contributed by atoms with Crippen LogP contribution in [0.3, 0.4) is 0 Å². The van der Waals surface area contributed by atoms with Crippen LogP contribution in [-0.2, 0) is 25.7 Å². The maximum absolute atomic E-state index is 11.5. The van der Waals surface area contributed by atoms with Gasteiger partial charge < -0.3 is 50.0 Å². The summed E-state index contributed by atoms with van der Waals surface area (Å²) in [6.07, 6.45) is 2.85. The number of fused-ring (bicyclic) bond motifs is 2. The third-order valence-electron chi connectivity index (χ3n) is 7.08. The van der Waals surface area contributed by atoms with E-state index >= 15 is 0 Å². The van der Waals surface area contributed by atoms with Crippen molar-refractivity contribution in [2.75, 3.05) is 33.5 Å². The molecule has 3 heterocycles. The topological polar surface area (TPSA) is 268 Å². The number of carbonyl (C=O) groups is 4. The van der Waals surface area contributed by atoms with E-state index in [0.717, 1.165) is 48.1 Å². The van der Waals surface area contributed by atoms with Crippen molar-refractivity contribution in [3.63, 3.8) is 0 Å². The number of rotatable bonds is 8. The second-order valence-corrected chi connectivity index (χ2v) is 10.1. The van der Waals surface area contributed by atoms with Crippen LogP contribution < -0.4 is 19.5 Å². The number of hydrogen-bond acceptors (Lipinski definition) is 13. The molecule has 0 radical (unpaired) electrons. The Labute approximate surface area is 265 Å². The molecule has 5 rings (SSSR count). The number of nitrogens with zero attached hydrogens (tertiary/aromatic N) is 3. The second kappa shape index (κ2) is 16.6. The van der Waals surface area contributed by atoms with Gasteiger partial charge in [-0.1, -0.05) is 0 Å². The Hall–Kier alpha value is -5.59. The van der Waals surface area contributed by atoms with Gasteiger partial charge in [-0.2, -0.15) is 0 Å². The summed E-state index contributed by atoms with van der Waals surface area (Å²) in [5.74, 6) is -5.62. The van der Waals surface area contributed by atoms with Crippen LogP contribution in [-0.4, -0.2) is 104 Å². The highest BCUT2D eigenvalue weighted by Gasteiger charge is 2.26. The fraction of sp³-hybridized carbons (Fsp3) is 0.345. The highest BCUT2D eigenvalue weighted by atomic mass is 16.7. The summed E-state index contributed by atoms with van der Waals surface area (Å²) in [4.78, 5) is 54.1. The number of benzene rings is 2. The first-order valence-corrected chi connectivity index (χ1v) is 13.9. The fourth-order valence-corrected chi connectivity index (χ4v) is 4.77. The van der Waals surface area contributed by atoms with E-state index in [1.54, 1.807) is 19.4 Å². The number of aliphatic hydroxyl groups excluding tert-OH is 1. The molecule has 18 heteroatoms. The number of carboxylic acid groups (broad SMARTS) is 4. The number of aliphatic carboxylic acids is 4. The van der Waals surface area contributed by atoms with Crippen molar-refractivity contribution >= 4 is 40.5 Å². The van der Waals surface area contributed by atoms with Gasteiger partial charge in [-0.25, -0.2) is 19.2 Å². The lowest BCUT2D eigenvalue weighted by Crippen LogP contribution is -2.43. The number of pyridine rings is 1. The molecule has 252 valence electrons. The van der Waals surface area contributed by atoms with Crippen molar-refractivity contribution in [2.45, 2.75) is 31.5 Å².